The highest BCUT2D eigenvalue weighted by Gasteiger charge is 2.35. The van der Waals surface area contributed by atoms with Gasteiger partial charge in [0.1, 0.15) is 5.75 Å². The molecule has 0 unspecified atom stereocenters. The van der Waals surface area contributed by atoms with E-state index in [-0.39, 0.29) is 12.5 Å². The number of rotatable bonds is 6. The Bertz CT molecular complexity index is 1050. The molecule has 0 saturated carbocycles. The number of sulfonamides is 1. The van der Waals surface area contributed by atoms with Crippen LogP contribution in [0.2, 0.25) is 0 Å². The predicted molar refractivity (Wildman–Crippen MR) is 121 cm³/mol. The molecule has 2 aliphatic rings. The first-order valence-corrected chi connectivity index (χ1v) is 12.5. The second-order valence-electron chi connectivity index (χ2n) is 8.39. The first-order chi connectivity index (χ1) is 14.8. The lowest BCUT2D eigenvalue weighted by Gasteiger charge is -2.34. The van der Waals surface area contributed by atoms with Gasteiger partial charge in [0.15, 0.2) is 6.10 Å². The van der Waals surface area contributed by atoms with Crippen molar-refractivity contribution in [3.05, 3.63) is 59.2 Å². The van der Waals surface area contributed by atoms with E-state index in [1.807, 2.05) is 25.1 Å². The van der Waals surface area contributed by atoms with Gasteiger partial charge in [-0.3, -0.25) is 14.0 Å². The number of aryl methyl sites for hydroxylation is 1. The van der Waals surface area contributed by atoms with Crippen LogP contribution in [0.3, 0.4) is 0 Å². The van der Waals surface area contributed by atoms with Gasteiger partial charge in [-0.05, 0) is 61.7 Å². The number of amides is 1. The molecule has 1 saturated heterocycles. The molecular weight excluding hydrogens is 414 g/mol. The first-order valence-electron chi connectivity index (χ1n) is 10.6. The number of fused-ring (bicyclic) bond motifs is 1. The van der Waals surface area contributed by atoms with E-state index >= 15 is 0 Å². The standard InChI is InChI=1S/C23H29N3O4S/c1-17-5-10-21-20(13-17)26(31(2,28)29)16-22(30-21)23(27)24-14-18-6-8-19(9-7-18)15-25-11-3-4-12-25/h5-10,13,22H,3-4,11-12,14-16H2,1-2H3,(H,24,27)/t22-/m0/s1. The van der Waals surface area contributed by atoms with Crippen LogP contribution >= 0.6 is 0 Å². The molecule has 31 heavy (non-hydrogen) atoms. The number of anilines is 1. The molecule has 2 aromatic rings. The average molecular weight is 444 g/mol. The summed E-state index contributed by atoms with van der Waals surface area (Å²) in [5.41, 5.74) is 3.65. The summed E-state index contributed by atoms with van der Waals surface area (Å²) < 4.78 is 31.7. The van der Waals surface area contributed by atoms with Gasteiger partial charge in [0, 0.05) is 13.1 Å². The Morgan fingerprint density at radius 1 is 1.10 bits per heavy atom. The van der Waals surface area contributed by atoms with Crippen molar-refractivity contribution >= 4 is 21.6 Å². The Labute approximate surface area is 184 Å². The summed E-state index contributed by atoms with van der Waals surface area (Å²) in [7, 11) is -3.54. The Balaban J connectivity index is 1.39. The molecule has 0 aliphatic carbocycles. The van der Waals surface area contributed by atoms with Gasteiger partial charge in [-0.1, -0.05) is 30.3 Å². The zero-order chi connectivity index (χ0) is 22.0. The molecule has 4 rings (SSSR count). The molecule has 2 aromatic carbocycles. The van der Waals surface area contributed by atoms with Crippen LogP contribution in [-0.2, 0) is 27.9 Å². The third-order valence-electron chi connectivity index (χ3n) is 5.77. The number of nitrogens with zero attached hydrogens (tertiary/aromatic N) is 2. The summed E-state index contributed by atoms with van der Waals surface area (Å²) in [6.07, 6.45) is 2.78. The Morgan fingerprint density at radius 2 is 1.77 bits per heavy atom. The van der Waals surface area contributed by atoms with Gasteiger partial charge in [-0.2, -0.15) is 0 Å². The van der Waals surface area contributed by atoms with Crippen molar-refractivity contribution < 1.29 is 17.9 Å². The quantitative estimate of drug-likeness (QED) is 0.742. The van der Waals surface area contributed by atoms with Gasteiger partial charge in [-0.15, -0.1) is 0 Å². The highest BCUT2D eigenvalue weighted by Crippen LogP contribution is 2.35. The fraction of sp³-hybridized carbons (Fsp3) is 0.435. The molecule has 166 valence electrons. The number of ether oxygens (including phenoxy) is 1. The van der Waals surface area contributed by atoms with E-state index in [2.05, 4.69) is 22.3 Å². The number of carbonyl (C=O) groups is 1. The fourth-order valence-electron chi connectivity index (χ4n) is 4.08. The van der Waals surface area contributed by atoms with Crippen LogP contribution in [0.1, 0.15) is 29.5 Å². The number of carbonyl (C=O) groups excluding carboxylic acids is 1. The van der Waals surface area contributed by atoms with Crippen LogP contribution < -0.4 is 14.4 Å². The molecule has 2 heterocycles. The largest absolute Gasteiger partial charge is 0.476 e. The van der Waals surface area contributed by atoms with Crippen LogP contribution in [0, 0.1) is 6.92 Å². The number of benzene rings is 2. The first kappa shape index (κ1) is 21.6. The van der Waals surface area contributed by atoms with E-state index in [1.54, 1.807) is 12.1 Å². The summed E-state index contributed by atoms with van der Waals surface area (Å²) in [6.45, 7) is 5.48. The second kappa shape index (κ2) is 8.88. The topological polar surface area (TPSA) is 79.0 Å². The lowest BCUT2D eigenvalue weighted by Crippen LogP contribution is -2.50. The number of hydrogen-bond donors (Lipinski definition) is 1. The third kappa shape index (κ3) is 5.19. The van der Waals surface area contributed by atoms with E-state index in [1.165, 1.54) is 22.7 Å². The smallest absolute Gasteiger partial charge is 0.263 e. The highest BCUT2D eigenvalue weighted by molar-refractivity contribution is 7.92. The molecule has 1 fully saturated rings. The Morgan fingerprint density at radius 3 is 2.45 bits per heavy atom. The molecule has 0 spiro atoms. The lowest BCUT2D eigenvalue weighted by atomic mass is 10.1. The minimum Gasteiger partial charge on any atom is -0.476 e. The molecule has 1 atom stereocenters. The normalized spacial score (nSPS) is 19.0. The Kier molecular flexibility index (Phi) is 6.20. The van der Waals surface area contributed by atoms with Gasteiger partial charge in [0.25, 0.3) is 5.91 Å². The average Bonchev–Trinajstić information content (AvgIpc) is 3.24. The molecule has 2 aliphatic heterocycles. The fourth-order valence-corrected chi connectivity index (χ4v) is 4.98. The molecule has 0 bridgehead atoms. The van der Waals surface area contributed by atoms with E-state index in [0.717, 1.165) is 37.0 Å². The number of nitrogens with one attached hydrogen (secondary N) is 1. The van der Waals surface area contributed by atoms with Crippen LogP contribution in [0.25, 0.3) is 0 Å². The van der Waals surface area contributed by atoms with Crippen molar-refractivity contribution in [2.24, 2.45) is 0 Å². The van der Waals surface area contributed by atoms with Crippen LogP contribution in [0.4, 0.5) is 5.69 Å². The van der Waals surface area contributed by atoms with E-state index in [4.69, 9.17) is 4.74 Å². The van der Waals surface area contributed by atoms with Gasteiger partial charge in [0.05, 0.1) is 18.5 Å². The van der Waals surface area contributed by atoms with Gasteiger partial charge in [-0.25, -0.2) is 8.42 Å². The van der Waals surface area contributed by atoms with Gasteiger partial charge >= 0.3 is 0 Å². The van der Waals surface area contributed by atoms with Crippen LogP contribution in [0.5, 0.6) is 5.75 Å². The number of likely N-dealkylation sites (tertiary alicyclic amines) is 1. The third-order valence-corrected chi connectivity index (χ3v) is 6.92. The summed E-state index contributed by atoms with van der Waals surface area (Å²) in [5, 5.41) is 2.88. The van der Waals surface area contributed by atoms with Gasteiger partial charge < -0.3 is 10.1 Å². The molecule has 1 amide bonds. The molecular formula is C23H29N3O4S. The monoisotopic (exact) mass is 443 g/mol. The summed E-state index contributed by atoms with van der Waals surface area (Å²) >= 11 is 0. The number of hydrogen-bond acceptors (Lipinski definition) is 5. The molecule has 0 radical (unpaired) electrons. The zero-order valence-electron chi connectivity index (χ0n) is 18.0. The SMILES string of the molecule is Cc1ccc2c(c1)N(S(C)(=O)=O)C[C@@H](C(=O)NCc1ccc(CN3CCCC3)cc1)O2. The van der Waals surface area contributed by atoms with Gasteiger partial charge in [0.2, 0.25) is 10.0 Å². The maximum Gasteiger partial charge on any atom is 0.263 e. The maximum atomic E-state index is 12.8. The second-order valence-corrected chi connectivity index (χ2v) is 10.3. The zero-order valence-corrected chi connectivity index (χ0v) is 18.8. The van der Waals surface area contributed by atoms with Crippen molar-refractivity contribution in [3.63, 3.8) is 0 Å². The summed E-state index contributed by atoms with van der Waals surface area (Å²) in [5.74, 6) is 0.0645. The van der Waals surface area contributed by atoms with Crippen LogP contribution in [0.15, 0.2) is 42.5 Å². The molecule has 8 heteroatoms. The Hall–Kier alpha value is -2.58. The molecule has 7 nitrogen and oxygen atoms in total. The van der Waals surface area contributed by atoms with E-state index in [9.17, 15) is 13.2 Å². The highest BCUT2D eigenvalue weighted by atomic mass is 32.2. The molecule has 1 N–H and O–H groups in total. The summed E-state index contributed by atoms with van der Waals surface area (Å²) in [4.78, 5) is 15.2. The van der Waals surface area contributed by atoms with Crippen molar-refractivity contribution in [1.29, 1.82) is 0 Å². The van der Waals surface area contributed by atoms with Crippen molar-refractivity contribution in [3.8, 4) is 5.75 Å². The lowest BCUT2D eigenvalue weighted by molar-refractivity contribution is -0.127. The molecule has 0 aromatic heterocycles. The predicted octanol–water partition coefficient (Wildman–Crippen LogP) is 2.43. The van der Waals surface area contributed by atoms with Crippen molar-refractivity contribution in [2.45, 2.75) is 39.0 Å². The maximum absolute atomic E-state index is 12.8. The van der Waals surface area contributed by atoms with Crippen molar-refractivity contribution in [1.82, 2.24) is 10.2 Å². The van der Waals surface area contributed by atoms with E-state index < -0.39 is 16.1 Å². The van der Waals surface area contributed by atoms with Crippen molar-refractivity contribution in [2.75, 3.05) is 30.2 Å². The van der Waals surface area contributed by atoms with Crippen LogP contribution in [-0.4, -0.2) is 51.2 Å². The minimum absolute atomic E-state index is 0.0457. The van der Waals surface area contributed by atoms with E-state index in [0.29, 0.717) is 18.0 Å². The summed E-state index contributed by atoms with van der Waals surface area (Å²) in [6, 6.07) is 13.5. The minimum atomic E-state index is -3.54.